The van der Waals surface area contributed by atoms with E-state index >= 15 is 0 Å². The molecule has 0 bridgehead atoms. The molecular formula is C15H20ClNS. The van der Waals surface area contributed by atoms with E-state index in [4.69, 9.17) is 11.6 Å². The van der Waals surface area contributed by atoms with Crippen molar-refractivity contribution in [3.63, 3.8) is 0 Å². The Labute approximate surface area is 119 Å². The maximum atomic E-state index is 5.92. The van der Waals surface area contributed by atoms with Gasteiger partial charge in [0, 0.05) is 17.1 Å². The van der Waals surface area contributed by atoms with Crippen molar-refractivity contribution in [1.29, 1.82) is 0 Å². The molecule has 1 saturated carbocycles. The van der Waals surface area contributed by atoms with Crippen molar-refractivity contribution in [3.05, 3.63) is 34.9 Å². The number of thioether (sulfide) groups is 1. The minimum Gasteiger partial charge on any atom is -0.311 e. The molecule has 1 aromatic carbocycles. The number of hydrogen-bond donors (Lipinski definition) is 1. The normalized spacial score (nSPS) is 28.9. The largest absolute Gasteiger partial charge is 0.311 e. The Morgan fingerprint density at radius 2 is 1.67 bits per heavy atom. The quantitative estimate of drug-likeness (QED) is 0.896. The van der Waals surface area contributed by atoms with Crippen LogP contribution in [-0.2, 0) is 0 Å². The molecule has 98 valence electrons. The molecule has 1 aromatic rings. The third-order valence-electron chi connectivity index (χ3n) is 4.17. The highest BCUT2D eigenvalue weighted by atomic mass is 35.5. The number of benzene rings is 1. The Bertz CT molecular complexity index is 380. The van der Waals surface area contributed by atoms with Crippen molar-refractivity contribution in [2.45, 2.75) is 43.7 Å². The number of hydrogen-bond acceptors (Lipinski definition) is 2. The third kappa shape index (κ3) is 3.04. The lowest BCUT2D eigenvalue weighted by atomic mass is 9.75. The third-order valence-corrected chi connectivity index (χ3v) is 5.47. The van der Waals surface area contributed by atoms with Gasteiger partial charge in [0.05, 0.1) is 0 Å². The first-order chi connectivity index (χ1) is 8.81. The van der Waals surface area contributed by atoms with E-state index in [1.54, 1.807) is 0 Å². The van der Waals surface area contributed by atoms with Crippen molar-refractivity contribution in [1.82, 2.24) is 5.32 Å². The van der Waals surface area contributed by atoms with Crippen molar-refractivity contribution in [2.24, 2.45) is 0 Å². The van der Waals surface area contributed by atoms with Gasteiger partial charge < -0.3 is 5.32 Å². The molecule has 2 aliphatic rings. The molecule has 1 saturated heterocycles. The topological polar surface area (TPSA) is 12.0 Å². The zero-order valence-corrected chi connectivity index (χ0v) is 12.1. The van der Waals surface area contributed by atoms with Crippen molar-refractivity contribution >= 4 is 23.4 Å². The lowest BCUT2D eigenvalue weighted by molar-refractivity contribution is 0.258. The van der Waals surface area contributed by atoms with Gasteiger partial charge in [0.2, 0.25) is 0 Å². The average Bonchev–Trinajstić information content (AvgIpc) is 2.36. The molecule has 3 rings (SSSR count). The van der Waals surface area contributed by atoms with Crippen LogP contribution >= 0.6 is 23.4 Å². The Morgan fingerprint density at radius 3 is 2.33 bits per heavy atom. The highest BCUT2D eigenvalue weighted by Gasteiger charge is 2.31. The van der Waals surface area contributed by atoms with Crippen LogP contribution in [0, 0.1) is 0 Å². The molecule has 2 fully saturated rings. The molecule has 0 radical (unpaired) electrons. The van der Waals surface area contributed by atoms with Crippen LogP contribution in [0.25, 0.3) is 0 Å². The summed E-state index contributed by atoms with van der Waals surface area (Å²) in [6, 6.07) is 9.91. The van der Waals surface area contributed by atoms with Gasteiger partial charge in [-0.2, -0.15) is 11.8 Å². The fourth-order valence-electron chi connectivity index (χ4n) is 2.96. The first-order valence-corrected chi connectivity index (χ1v) is 8.44. The van der Waals surface area contributed by atoms with Gasteiger partial charge in [-0.15, -0.1) is 0 Å². The fourth-order valence-corrected chi connectivity index (χ4v) is 4.19. The Morgan fingerprint density at radius 1 is 1.00 bits per heavy atom. The van der Waals surface area contributed by atoms with Crippen LogP contribution < -0.4 is 5.32 Å². The monoisotopic (exact) mass is 281 g/mol. The summed E-state index contributed by atoms with van der Waals surface area (Å²) >= 11 is 8.02. The first-order valence-electron chi connectivity index (χ1n) is 6.90. The van der Waals surface area contributed by atoms with E-state index in [1.165, 1.54) is 42.8 Å². The van der Waals surface area contributed by atoms with Crippen molar-refractivity contribution in [3.8, 4) is 0 Å². The summed E-state index contributed by atoms with van der Waals surface area (Å²) in [5.74, 6) is 3.42. The summed E-state index contributed by atoms with van der Waals surface area (Å²) in [5.41, 5.74) is 1.46. The van der Waals surface area contributed by atoms with Gasteiger partial charge in [0.1, 0.15) is 0 Å². The summed E-state index contributed by atoms with van der Waals surface area (Å²) in [7, 11) is 0. The van der Waals surface area contributed by atoms with Crippen molar-refractivity contribution < 1.29 is 0 Å². The van der Waals surface area contributed by atoms with Crippen LogP contribution in [0.1, 0.15) is 37.2 Å². The van der Waals surface area contributed by atoms with Crippen LogP contribution in [0.5, 0.6) is 0 Å². The molecule has 0 atom stereocenters. The van der Waals surface area contributed by atoms with Crippen LogP contribution in [0.2, 0.25) is 5.02 Å². The maximum Gasteiger partial charge on any atom is 0.0406 e. The molecule has 1 aliphatic heterocycles. The van der Waals surface area contributed by atoms with Gasteiger partial charge in [-0.3, -0.25) is 0 Å². The Hall–Kier alpha value is -0.180. The van der Waals surface area contributed by atoms with E-state index in [1.807, 2.05) is 12.1 Å². The zero-order valence-electron chi connectivity index (χ0n) is 10.6. The molecule has 0 aromatic heterocycles. The van der Waals surface area contributed by atoms with E-state index in [-0.39, 0.29) is 0 Å². The molecule has 1 N–H and O–H groups in total. The molecule has 0 unspecified atom stereocenters. The molecule has 18 heavy (non-hydrogen) atoms. The van der Waals surface area contributed by atoms with E-state index in [2.05, 4.69) is 29.2 Å². The van der Waals surface area contributed by atoms with Crippen molar-refractivity contribution in [2.75, 3.05) is 11.5 Å². The second-order valence-corrected chi connectivity index (χ2v) is 7.13. The summed E-state index contributed by atoms with van der Waals surface area (Å²) in [6.07, 6.45) is 5.30. The standard InChI is InChI=1S/C15H20ClNS/c16-13-3-1-11(2-4-13)12-9-15(10-12)17-14-5-7-18-8-6-14/h1-4,12,14-15,17H,5-10H2. The average molecular weight is 282 g/mol. The van der Waals surface area contributed by atoms with E-state index in [0.717, 1.165) is 23.0 Å². The second-order valence-electron chi connectivity index (χ2n) is 5.47. The predicted octanol–water partition coefficient (Wildman–Crippen LogP) is 4.07. The molecule has 1 aliphatic carbocycles. The predicted molar refractivity (Wildman–Crippen MR) is 80.7 cm³/mol. The minimum atomic E-state index is 0.748. The van der Waals surface area contributed by atoms with Gasteiger partial charge in [0.25, 0.3) is 0 Å². The molecule has 0 amide bonds. The van der Waals surface area contributed by atoms with Gasteiger partial charge in [-0.05, 0) is 60.8 Å². The highest BCUT2D eigenvalue weighted by Crippen LogP contribution is 2.37. The summed E-state index contributed by atoms with van der Waals surface area (Å²) < 4.78 is 0. The lowest BCUT2D eigenvalue weighted by Gasteiger charge is -2.39. The number of nitrogens with one attached hydrogen (secondary N) is 1. The summed E-state index contributed by atoms with van der Waals surface area (Å²) in [5, 5.41) is 4.67. The maximum absolute atomic E-state index is 5.92. The van der Waals surface area contributed by atoms with E-state index < -0.39 is 0 Å². The van der Waals surface area contributed by atoms with E-state index in [0.29, 0.717) is 0 Å². The highest BCUT2D eigenvalue weighted by molar-refractivity contribution is 7.99. The smallest absolute Gasteiger partial charge is 0.0406 e. The lowest BCUT2D eigenvalue weighted by Crippen LogP contribution is -2.46. The summed E-state index contributed by atoms with van der Waals surface area (Å²) in [6.45, 7) is 0. The Balaban J connectivity index is 1.46. The van der Waals surface area contributed by atoms with Gasteiger partial charge in [-0.1, -0.05) is 23.7 Å². The molecule has 1 heterocycles. The zero-order chi connectivity index (χ0) is 12.4. The van der Waals surface area contributed by atoms with Gasteiger partial charge >= 0.3 is 0 Å². The second kappa shape index (κ2) is 5.85. The number of rotatable bonds is 3. The van der Waals surface area contributed by atoms with Crippen LogP contribution in [0.3, 0.4) is 0 Å². The Kier molecular flexibility index (Phi) is 4.17. The van der Waals surface area contributed by atoms with Crippen LogP contribution in [0.4, 0.5) is 0 Å². The fraction of sp³-hybridized carbons (Fsp3) is 0.600. The number of halogens is 1. The van der Waals surface area contributed by atoms with Crippen LogP contribution in [0.15, 0.2) is 24.3 Å². The first kappa shape index (κ1) is 12.8. The van der Waals surface area contributed by atoms with Gasteiger partial charge in [-0.25, -0.2) is 0 Å². The minimum absolute atomic E-state index is 0.748. The SMILES string of the molecule is Clc1ccc(C2CC(NC3CCSCC3)C2)cc1. The molecule has 3 heteroatoms. The molecular weight excluding hydrogens is 262 g/mol. The van der Waals surface area contributed by atoms with Crippen LogP contribution in [-0.4, -0.2) is 23.6 Å². The van der Waals surface area contributed by atoms with Gasteiger partial charge in [0.15, 0.2) is 0 Å². The molecule has 0 spiro atoms. The van der Waals surface area contributed by atoms with E-state index in [9.17, 15) is 0 Å². The summed E-state index contributed by atoms with van der Waals surface area (Å²) in [4.78, 5) is 0. The molecule has 1 nitrogen and oxygen atoms in total.